The number of imidazole rings is 1. The van der Waals surface area contributed by atoms with Gasteiger partial charge in [0.2, 0.25) is 0 Å². The number of benzene rings is 1. The van der Waals surface area contributed by atoms with E-state index in [1.165, 1.54) is 6.07 Å². The van der Waals surface area contributed by atoms with E-state index in [1.54, 1.807) is 19.3 Å². The summed E-state index contributed by atoms with van der Waals surface area (Å²) in [5, 5.41) is 3.43. The maximum absolute atomic E-state index is 13.3. The van der Waals surface area contributed by atoms with E-state index >= 15 is 0 Å². The third kappa shape index (κ3) is 3.41. The molecule has 0 unspecified atom stereocenters. The Labute approximate surface area is 113 Å². The highest BCUT2D eigenvalue weighted by Crippen LogP contribution is 2.16. The van der Waals surface area contributed by atoms with Gasteiger partial charge in [0.15, 0.2) is 0 Å². The number of hydrogen-bond donors (Lipinski definition) is 1. The minimum absolute atomic E-state index is 0.0494. The summed E-state index contributed by atoms with van der Waals surface area (Å²) in [7, 11) is 0. The van der Waals surface area contributed by atoms with Crippen molar-refractivity contribution in [3.63, 3.8) is 0 Å². The van der Waals surface area contributed by atoms with Crippen molar-refractivity contribution in [1.29, 1.82) is 0 Å². The highest BCUT2D eigenvalue weighted by Gasteiger charge is 2.11. The van der Waals surface area contributed by atoms with Gasteiger partial charge in [0.25, 0.3) is 0 Å². The molecule has 0 amide bonds. The first kappa shape index (κ1) is 13.7. The van der Waals surface area contributed by atoms with Gasteiger partial charge in [0.1, 0.15) is 5.82 Å². The molecule has 1 aromatic carbocycles. The van der Waals surface area contributed by atoms with Crippen molar-refractivity contribution in [3.8, 4) is 5.69 Å². The van der Waals surface area contributed by atoms with Crippen molar-refractivity contribution in [2.45, 2.75) is 39.8 Å². The molecular formula is C15H20FN3. The van der Waals surface area contributed by atoms with E-state index in [0.29, 0.717) is 5.56 Å². The van der Waals surface area contributed by atoms with Gasteiger partial charge in [-0.05, 0) is 51.5 Å². The number of hydrogen-bond acceptors (Lipinski definition) is 2. The molecule has 1 heterocycles. The van der Waals surface area contributed by atoms with E-state index in [0.717, 1.165) is 17.9 Å². The van der Waals surface area contributed by atoms with Gasteiger partial charge in [-0.2, -0.15) is 0 Å². The van der Waals surface area contributed by atoms with Crippen LogP contribution in [0.3, 0.4) is 0 Å². The Hall–Kier alpha value is -1.68. The highest BCUT2D eigenvalue weighted by molar-refractivity contribution is 5.37. The van der Waals surface area contributed by atoms with Crippen LogP contribution in [0.15, 0.2) is 30.7 Å². The Morgan fingerprint density at radius 3 is 2.68 bits per heavy atom. The van der Waals surface area contributed by atoms with Gasteiger partial charge >= 0.3 is 0 Å². The number of rotatable bonds is 3. The largest absolute Gasteiger partial charge is 0.306 e. The molecule has 19 heavy (non-hydrogen) atoms. The van der Waals surface area contributed by atoms with E-state index in [2.05, 4.69) is 31.1 Å². The zero-order chi connectivity index (χ0) is 14.0. The SMILES string of the molecule is Cc1cc(-n2cncc2CNC(C)(C)C)ccc1F. The highest BCUT2D eigenvalue weighted by atomic mass is 19.1. The number of aryl methyl sites for hydroxylation is 1. The fourth-order valence-corrected chi connectivity index (χ4v) is 1.82. The summed E-state index contributed by atoms with van der Waals surface area (Å²) in [6, 6.07) is 5.09. The normalized spacial score (nSPS) is 11.8. The quantitative estimate of drug-likeness (QED) is 0.919. The van der Waals surface area contributed by atoms with Gasteiger partial charge in [-0.3, -0.25) is 0 Å². The van der Waals surface area contributed by atoms with Gasteiger partial charge in [-0.1, -0.05) is 0 Å². The molecule has 1 N–H and O–H groups in total. The Morgan fingerprint density at radius 2 is 2.05 bits per heavy atom. The lowest BCUT2D eigenvalue weighted by molar-refractivity contribution is 0.419. The summed E-state index contributed by atoms with van der Waals surface area (Å²) in [5.74, 6) is -0.182. The van der Waals surface area contributed by atoms with Crippen LogP contribution in [0.2, 0.25) is 0 Å². The molecule has 102 valence electrons. The van der Waals surface area contributed by atoms with Crippen molar-refractivity contribution >= 4 is 0 Å². The van der Waals surface area contributed by atoms with E-state index in [4.69, 9.17) is 0 Å². The summed E-state index contributed by atoms with van der Waals surface area (Å²) in [6.07, 6.45) is 3.59. The molecule has 0 fully saturated rings. The third-order valence-corrected chi connectivity index (χ3v) is 2.93. The maximum Gasteiger partial charge on any atom is 0.126 e. The second-order valence-electron chi connectivity index (χ2n) is 5.79. The Balaban J connectivity index is 2.26. The van der Waals surface area contributed by atoms with Crippen molar-refractivity contribution in [2.75, 3.05) is 0 Å². The zero-order valence-corrected chi connectivity index (χ0v) is 11.9. The van der Waals surface area contributed by atoms with Crippen molar-refractivity contribution in [3.05, 3.63) is 47.8 Å². The molecule has 0 saturated heterocycles. The molecule has 0 atom stereocenters. The minimum atomic E-state index is -0.182. The third-order valence-electron chi connectivity index (χ3n) is 2.93. The molecule has 0 bridgehead atoms. The standard InChI is InChI=1S/C15H20FN3/c1-11-7-12(5-6-14(11)16)19-10-17-8-13(19)9-18-15(2,3)4/h5-8,10,18H,9H2,1-4H3. The number of aromatic nitrogens is 2. The maximum atomic E-state index is 13.3. The van der Waals surface area contributed by atoms with Crippen molar-refractivity contribution < 1.29 is 4.39 Å². The number of nitrogens with one attached hydrogen (secondary N) is 1. The summed E-state index contributed by atoms with van der Waals surface area (Å²) in [4.78, 5) is 4.18. The molecule has 0 aliphatic carbocycles. The summed E-state index contributed by atoms with van der Waals surface area (Å²) in [6.45, 7) is 8.85. The van der Waals surface area contributed by atoms with Crippen LogP contribution in [-0.4, -0.2) is 15.1 Å². The van der Waals surface area contributed by atoms with Crippen molar-refractivity contribution in [1.82, 2.24) is 14.9 Å². The average Bonchev–Trinajstić information content (AvgIpc) is 2.77. The van der Waals surface area contributed by atoms with Crippen LogP contribution in [0.1, 0.15) is 32.0 Å². The van der Waals surface area contributed by atoms with Gasteiger partial charge in [0, 0.05) is 24.0 Å². The van der Waals surface area contributed by atoms with Crippen LogP contribution in [0.5, 0.6) is 0 Å². The lowest BCUT2D eigenvalue weighted by Gasteiger charge is -2.21. The molecule has 0 aliphatic rings. The molecule has 0 saturated carbocycles. The van der Waals surface area contributed by atoms with Crippen LogP contribution in [-0.2, 0) is 6.54 Å². The van der Waals surface area contributed by atoms with Crippen LogP contribution in [0.4, 0.5) is 4.39 Å². The zero-order valence-electron chi connectivity index (χ0n) is 11.9. The minimum Gasteiger partial charge on any atom is -0.306 e. The Morgan fingerprint density at radius 1 is 1.32 bits per heavy atom. The second-order valence-corrected chi connectivity index (χ2v) is 5.79. The smallest absolute Gasteiger partial charge is 0.126 e. The molecule has 0 spiro atoms. The molecule has 4 heteroatoms. The predicted octanol–water partition coefficient (Wildman–Crippen LogP) is 3.21. The van der Waals surface area contributed by atoms with Crippen molar-refractivity contribution in [2.24, 2.45) is 0 Å². The van der Waals surface area contributed by atoms with Crippen LogP contribution in [0.25, 0.3) is 5.69 Å². The fraction of sp³-hybridized carbons (Fsp3) is 0.400. The van der Waals surface area contributed by atoms with E-state index in [1.807, 2.05) is 16.8 Å². The summed E-state index contributed by atoms with van der Waals surface area (Å²) >= 11 is 0. The molecule has 2 rings (SSSR count). The first-order valence-corrected chi connectivity index (χ1v) is 6.39. The lowest BCUT2D eigenvalue weighted by Crippen LogP contribution is -2.35. The monoisotopic (exact) mass is 261 g/mol. The first-order valence-electron chi connectivity index (χ1n) is 6.39. The van der Waals surface area contributed by atoms with Crippen LogP contribution in [0, 0.1) is 12.7 Å². The number of halogens is 1. The topological polar surface area (TPSA) is 29.9 Å². The van der Waals surface area contributed by atoms with Gasteiger partial charge in [-0.25, -0.2) is 9.37 Å². The molecule has 1 aromatic heterocycles. The van der Waals surface area contributed by atoms with Gasteiger partial charge in [0.05, 0.1) is 12.0 Å². The molecular weight excluding hydrogens is 241 g/mol. The Kier molecular flexibility index (Phi) is 3.71. The van der Waals surface area contributed by atoms with Gasteiger partial charge < -0.3 is 9.88 Å². The first-order chi connectivity index (χ1) is 8.87. The molecule has 3 nitrogen and oxygen atoms in total. The average molecular weight is 261 g/mol. The van der Waals surface area contributed by atoms with E-state index in [-0.39, 0.29) is 11.4 Å². The van der Waals surface area contributed by atoms with E-state index in [9.17, 15) is 4.39 Å². The summed E-state index contributed by atoms with van der Waals surface area (Å²) < 4.78 is 15.3. The molecule has 0 aliphatic heterocycles. The van der Waals surface area contributed by atoms with Crippen LogP contribution >= 0.6 is 0 Å². The lowest BCUT2D eigenvalue weighted by atomic mass is 10.1. The molecule has 2 aromatic rings. The fourth-order valence-electron chi connectivity index (χ4n) is 1.82. The number of nitrogens with zero attached hydrogens (tertiary/aromatic N) is 2. The predicted molar refractivity (Wildman–Crippen MR) is 74.9 cm³/mol. The Bertz CT molecular complexity index is 567. The second kappa shape index (κ2) is 5.13. The van der Waals surface area contributed by atoms with Crippen LogP contribution < -0.4 is 5.32 Å². The van der Waals surface area contributed by atoms with E-state index < -0.39 is 0 Å². The summed E-state index contributed by atoms with van der Waals surface area (Å²) in [5.41, 5.74) is 2.68. The van der Waals surface area contributed by atoms with Gasteiger partial charge in [-0.15, -0.1) is 0 Å². The molecule has 0 radical (unpaired) electrons.